The van der Waals surface area contributed by atoms with E-state index in [0.717, 1.165) is 24.1 Å². The summed E-state index contributed by atoms with van der Waals surface area (Å²) in [6.45, 7) is 4.25. The van der Waals surface area contributed by atoms with Gasteiger partial charge in [-0.25, -0.2) is 9.18 Å². The summed E-state index contributed by atoms with van der Waals surface area (Å²) in [5.41, 5.74) is 0.156. The fraction of sp³-hybridized carbons (Fsp3) is 0.389. The van der Waals surface area contributed by atoms with E-state index in [1.807, 2.05) is 11.5 Å². The van der Waals surface area contributed by atoms with Gasteiger partial charge in [-0.1, -0.05) is 18.2 Å². The normalized spacial score (nSPS) is 14.0. The number of hydrogen-bond donors (Lipinski definition) is 0. The van der Waals surface area contributed by atoms with Gasteiger partial charge in [0, 0.05) is 32.2 Å². The van der Waals surface area contributed by atoms with E-state index in [-0.39, 0.29) is 6.54 Å². The zero-order valence-electron chi connectivity index (χ0n) is 14.8. The Bertz CT molecular complexity index is 1110. The van der Waals surface area contributed by atoms with Crippen LogP contribution in [0.3, 0.4) is 0 Å². The van der Waals surface area contributed by atoms with Gasteiger partial charge >= 0.3 is 5.69 Å². The summed E-state index contributed by atoms with van der Waals surface area (Å²) in [5.74, 6) is 0.276. The molecule has 0 atom stereocenters. The molecule has 26 heavy (non-hydrogen) atoms. The fourth-order valence-electron chi connectivity index (χ4n) is 3.57. The van der Waals surface area contributed by atoms with E-state index in [1.165, 1.54) is 10.6 Å². The van der Waals surface area contributed by atoms with Crippen molar-refractivity contribution >= 4 is 17.1 Å². The molecule has 0 N–H and O–H groups in total. The molecule has 4 rings (SSSR count). The number of imidazole rings is 1. The molecule has 0 amide bonds. The van der Waals surface area contributed by atoms with Crippen molar-refractivity contribution in [1.82, 2.24) is 18.7 Å². The molecule has 7 nitrogen and oxygen atoms in total. The summed E-state index contributed by atoms with van der Waals surface area (Å²) in [7, 11) is 1.59. The monoisotopic (exact) mass is 357 g/mol. The first-order valence-corrected chi connectivity index (χ1v) is 8.71. The van der Waals surface area contributed by atoms with Crippen molar-refractivity contribution in [2.45, 2.75) is 26.4 Å². The zero-order valence-corrected chi connectivity index (χ0v) is 14.8. The lowest BCUT2D eigenvalue weighted by atomic mass is 10.2. The van der Waals surface area contributed by atoms with Gasteiger partial charge in [0.15, 0.2) is 11.2 Å². The standard InChI is InChI=1S/C18H20FN5O2/c1-3-22-9-6-10-23-14-15(20-17(22)23)21(2)18(26)24(16(14)25)11-12-7-4-5-8-13(12)19/h4-5,7-8H,3,6,9-11H2,1-2H3. The first-order chi connectivity index (χ1) is 12.5. The van der Waals surface area contributed by atoms with Crippen LogP contribution in [0.5, 0.6) is 0 Å². The van der Waals surface area contributed by atoms with E-state index in [2.05, 4.69) is 9.88 Å². The van der Waals surface area contributed by atoms with E-state index in [9.17, 15) is 14.0 Å². The topological polar surface area (TPSA) is 65.1 Å². The number of fused-ring (bicyclic) bond motifs is 3. The first kappa shape index (κ1) is 16.6. The van der Waals surface area contributed by atoms with Crippen molar-refractivity contribution in [2.24, 2.45) is 7.05 Å². The van der Waals surface area contributed by atoms with Gasteiger partial charge in [-0.15, -0.1) is 0 Å². The second-order valence-corrected chi connectivity index (χ2v) is 6.49. The third-order valence-electron chi connectivity index (χ3n) is 4.97. The number of rotatable bonds is 3. The molecule has 0 radical (unpaired) electrons. The van der Waals surface area contributed by atoms with Crippen LogP contribution in [-0.4, -0.2) is 31.8 Å². The Labute approximate surface area is 148 Å². The maximum absolute atomic E-state index is 14.0. The van der Waals surface area contributed by atoms with Crippen LogP contribution in [0.25, 0.3) is 11.2 Å². The Morgan fingerprint density at radius 2 is 1.96 bits per heavy atom. The highest BCUT2D eigenvalue weighted by Gasteiger charge is 2.25. The zero-order chi connectivity index (χ0) is 18.4. The molecule has 3 heterocycles. The maximum atomic E-state index is 14.0. The Kier molecular flexibility index (Phi) is 3.90. The molecule has 3 aromatic rings. The van der Waals surface area contributed by atoms with Crippen molar-refractivity contribution in [3.05, 3.63) is 56.5 Å². The SMILES string of the molecule is CCN1CCCn2c1nc1c2c(=O)n(Cc2ccccc2F)c(=O)n1C. The molecule has 2 aromatic heterocycles. The van der Waals surface area contributed by atoms with Crippen molar-refractivity contribution in [2.75, 3.05) is 18.0 Å². The molecule has 0 aliphatic carbocycles. The number of aryl methyl sites for hydroxylation is 2. The highest BCUT2D eigenvalue weighted by Crippen LogP contribution is 2.23. The van der Waals surface area contributed by atoms with Crippen LogP contribution in [0.4, 0.5) is 10.3 Å². The predicted molar refractivity (Wildman–Crippen MR) is 97.2 cm³/mol. The van der Waals surface area contributed by atoms with Crippen LogP contribution in [0.2, 0.25) is 0 Å². The van der Waals surface area contributed by atoms with Gasteiger partial charge in [-0.2, -0.15) is 4.98 Å². The van der Waals surface area contributed by atoms with E-state index in [4.69, 9.17) is 0 Å². The third kappa shape index (κ3) is 2.36. The lowest BCUT2D eigenvalue weighted by Gasteiger charge is -2.27. The van der Waals surface area contributed by atoms with Crippen LogP contribution < -0.4 is 16.1 Å². The molecular weight excluding hydrogens is 337 g/mol. The molecule has 1 aliphatic rings. The Morgan fingerprint density at radius 3 is 2.69 bits per heavy atom. The van der Waals surface area contributed by atoms with Crippen LogP contribution >= 0.6 is 0 Å². The molecule has 0 saturated carbocycles. The third-order valence-corrected chi connectivity index (χ3v) is 4.97. The summed E-state index contributed by atoms with van der Waals surface area (Å²) >= 11 is 0. The molecule has 8 heteroatoms. The molecule has 0 fully saturated rings. The van der Waals surface area contributed by atoms with Crippen LogP contribution in [0, 0.1) is 5.82 Å². The molecule has 0 bridgehead atoms. The molecule has 1 aromatic carbocycles. The predicted octanol–water partition coefficient (Wildman–Crippen LogP) is 1.31. The number of nitrogens with zero attached hydrogens (tertiary/aromatic N) is 5. The van der Waals surface area contributed by atoms with Crippen molar-refractivity contribution in [3.63, 3.8) is 0 Å². The Balaban J connectivity index is 1.97. The maximum Gasteiger partial charge on any atom is 0.332 e. The number of aromatic nitrogens is 4. The summed E-state index contributed by atoms with van der Waals surface area (Å²) in [4.78, 5) is 32.5. The number of anilines is 1. The molecule has 0 saturated heterocycles. The lowest BCUT2D eigenvalue weighted by Crippen LogP contribution is -2.40. The van der Waals surface area contributed by atoms with E-state index in [1.54, 1.807) is 25.2 Å². The highest BCUT2D eigenvalue weighted by molar-refractivity contribution is 5.74. The average Bonchev–Trinajstić information content (AvgIpc) is 3.04. The Morgan fingerprint density at radius 1 is 1.19 bits per heavy atom. The minimum Gasteiger partial charge on any atom is -0.342 e. The van der Waals surface area contributed by atoms with Crippen molar-refractivity contribution < 1.29 is 4.39 Å². The van der Waals surface area contributed by atoms with Crippen LogP contribution in [0.15, 0.2) is 33.9 Å². The van der Waals surface area contributed by atoms with Gasteiger partial charge in [-0.3, -0.25) is 13.9 Å². The number of halogens is 1. The summed E-state index contributed by atoms with van der Waals surface area (Å²) in [5, 5.41) is 0. The smallest absolute Gasteiger partial charge is 0.332 e. The minimum absolute atomic E-state index is 0.105. The number of benzene rings is 1. The van der Waals surface area contributed by atoms with Gasteiger partial charge in [0.25, 0.3) is 5.56 Å². The second kappa shape index (κ2) is 6.12. The molecule has 1 aliphatic heterocycles. The molecule has 0 unspecified atom stereocenters. The van der Waals surface area contributed by atoms with E-state index < -0.39 is 17.1 Å². The highest BCUT2D eigenvalue weighted by atomic mass is 19.1. The summed E-state index contributed by atoms with van der Waals surface area (Å²) in [6.07, 6.45) is 0.905. The first-order valence-electron chi connectivity index (χ1n) is 8.71. The fourth-order valence-corrected chi connectivity index (χ4v) is 3.57. The van der Waals surface area contributed by atoms with Crippen molar-refractivity contribution in [3.8, 4) is 0 Å². The number of hydrogen-bond acceptors (Lipinski definition) is 4. The molecule has 0 spiro atoms. The van der Waals surface area contributed by atoms with Crippen molar-refractivity contribution in [1.29, 1.82) is 0 Å². The van der Waals surface area contributed by atoms with E-state index in [0.29, 0.717) is 29.2 Å². The van der Waals surface area contributed by atoms with Gasteiger partial charge < -0.3 is 9.47 Å². The molecule has 136 valence electrons. The minimum atomic E-state index is -0.496. The van der Waals surface area contributed by atoms with Gasteiger partial charge in [-0.05, 0) is 19.4 Å². The van der Waals surface area contributed by atoms with Gasteiger partial charge in [0.1, 0.15) is 5.82 Å². The van der Waals surface area contributed by atoms with Crippen LogP contribution in [0.1, 0.15) is 18.9 Å². The molecular formula is C18H20FN5O2. The summed E-state index contributed by atoms with van der Waals surface area (Å²) < 4.78 is 18.3. The van der Waals surface area contributed by atoms with E-state index >= 15 is 0 Å². The lowest BCUT2D eigenvalue weighted by molar-refractivity contribution is 0.566. The van der Waals surface area contributed by atoms with Gasteiger partial charge in [0.05, 0.1) is 6.54 Å². The average molecular weight is 357 g/mol. The largest absolute Gasteiger partial charge is 0.342 e. The van der Waals surface area contributed by atoms with Gasteiger partial charge in [0.2, 0.25) is 5.95 Å². The van der Waals surface area contributed by atoms with Crippen LogP contribution in [-0.2, 0) is 20.1 Å². The Hall–Kier alpha value is -2.90. The summed E-state index contributed by atoms with van der Waals surface area (Å²) in [6, 6.07) is 6.17. The second-order valence-electron chi connectivity index (χ2n) is 6.49. The quantitative estimate of drug-likeness (QED) is 0.709.